The highest BCUT2D eigenvalue weighted by Gasteiger charge is 2.61. The van der Waals surface area contributed by atoms with E-state index in [1.165, 1.54) is 135 Å². The largest absolute Gasteiger partial charge is 0.415 e. The maximum Gasteiger partial charge on any atom is 0.415 e. The van der Waals surface area contributed by atoms with Crippen LogP contribution in [0.5, 0.6) is 0 Å². The number of hydroxylamine groups is 3. The SMILES string of the molecule is CCCCCCCCCCCCCCCCCC(OCC)(OCC)[N+](OCC)(OCC)OCC.CCCCCCCCCCCCOS(=O)(=O)c1cccc(C)c1C. The highest BCUT2D eigenvalue weighted by Crippen LogP contribution is 2.36. The van der Waals surface area contributed by atoms with E-state index in [1.807, 2.05) is 54.5 Å². The first-order valence-electron chi connectivity index (χ1n) is 24.2. The molecule has 1 aromatic carbocycles. The Morgan fingerprint density at radius 3 is 1.21 bits per heavy atom. The summed E-state index contributed by atoms with van der Waals surface area (Å²) in [7, 11) is -3.62. The van der Waals surface area contributed by atoms with Crippen LogP contribution in [0, 0.1) is 13.8 Å². The van der Waals surface area contributed by atoms with Gasteiger partial charge in [-0.05, 0) is 78.5 Å². The van der Waals surface area contributed by atoms with Crippen LogP contribution in [0.1, 0.15) is 227 Å². The first-order chi connectivity index (χ1) is 28.1. The second kappa shape index (κ2) is 37.6. The van der Waals surface area contributed by atoms with Crippen molar-refractivity contribution in [2.45, 2.75) is 240 Å². The van der Waals surface area contributed by atoms with Gasteiger partial charge in [-0.3, -0.25) is 13.7 Å². The van der Waals surface area contributed by atoms with Gasteiger partial charge in [-0.25, -0.2) is 0 Å². The molecule has 58 heavy (non-hydrogen) atoms. The smallest absolute Gasteiger partial charge is 0.296 e. The van der Waals surface area contributed by atoms with Crippen molar-refractivity contribution in [1.29, 1.82) is 0 Å². The van der Waals surface area contributed by atoms with E-state index in [0.29, 0.717) is 44.4 Å². The predicted molar refractivity (Wildman–Crippen MR) is 242 cm³/mol. The van der Waals surface area contributed by atoms with E-state index >= 15 is 0 Å². The van der Waals surface area contributed by atoms with Gasteiger partial charge < -0.3 is 0 Å². The van der Waals surface area contributed by atoms with Crippen molar-refractivity contribution in [2.24, 2.45) is 0 Å². The van der Waals surface area contributed by atoms with E-state index in [-0.39, 0.29) is 6.61 Å². The fourth-order valence-electron chi connectivity index (χ4n) is 7.39. The van der Waals surface area contributed by atoms with Crippen LogP contribution in [-0.2, 0) is 38.3 Å². The molecule has 0 fully saturated rings. The van der Waals surface area contributed by atoms with Gasteiger partial charge in [0.2, 0.25) is 0 Å². The second-order valence-electron chi connectivity index (χ2n) is 15.7. The summed E-state index contributed by atoms with van der Waals surface area (Å²) < 4.78 is 42.1. The van der Waals surface area contributed by atoms with Crippen LogP contribution < -0.4 is 0 Å². The number of nitrogens with zero attached hydrogens (tertiary/aromatic N) is 1. The molecule has 0 aliphatic rings. The molecule has 0 atom stereocenters. The third-order valence-electron chi connectivity index (χ3n) is 10.7. The summed E-state index contributed by atoms with van der Waals surface area (Å²) in [6, 6.07) is 5.30. The lowest BCUT2D eigenvalue weighted by Crippen LogP contribution is -2.66. The van der Waals surface area contributed by atoms with Crippen LogP contribution in [-0.4, -0.2) is 58.9 Å². The Balaban J connectivity index is 0.00000119. The summed E-state index contributed by atoms with van der Waals surface area (Å²) in [4.78, 5) is 17.8. The third kappa shape index (κ3) is 25.0. The van der Waals surface area contributed by atoms with Crippen molar-refractivity contribution < 1.29 is 41.6 Å². The molecule has 0 radical (unpaired) electrons. The van der Waals surface area contributed by atoms with E-state index in [0.717, 1.165) is 36.8 Å². The van der Waals surface area contributed by atoms with Crippen LogP contribution >= 0.6 is 0 Å². The minimum atomic E-state index is -3.62. The zero-order chi connectivity index (χ0) is 43.2. The normalized spacial score (nSPS) is 12.2. The molecule has 0 N–H and O–H groups in total. The molecule has 10 heteroatoms. The molecule has 1 rings (SSSR count). The fourth-order valence-corrected chi connectivity index (χ4v) is 8.63. The van der Waals surface area contributed by atoms with E-state index < -0.39 is 21.0 Å². The van der Waals surface area contributed by atoms with E-state index in [9.17, 15) is 8.42 Å². The first-order valence-corrected chi connectivity index (χ1v) is 25.6. The second-order valence-corrected chi connectivity index (χ2v) is 17.3. The lowest BCUT2D eigenvalue weighted by atomic mass is 10.0. The number of unbranched alkanes of at least 4 members (excludes halogenated alkanes) is 23. The minimum Gasteiger partial charge on any atom is -0.296 e. The summed E-state index contributed by atoms with van der Waals surface area (Å²) in [6.45, 7) is 20.6. The Morgan fingerprint density at radius 2 is 0.845 bits per heavy atom. The van der Waals surface area contributed by atoms with Gasteiger partial charge >= 0.3 is 5.91 Å². The lowest BCUT2D eigenvalue weighted by molar-refractivity contribution is -1.41. The fraction of sp³-hybridized carbons (Fsp3) is 0.875. The molecule has 0 spiro atoms. The van der Waals surface area contributed by atoms with Crippen LogP contribution in [0.4, 0.5) is 0 Å². The Morgan fingerprint density at radius 1 is 0.483 bits per heavy atom. The standard InChI is InChI=1S/C28H60NO5.C20H34O3S/c1-7-13-14-15-16-17-18-19-20-21-22-23-24-25-26-27-28(30-8-2,31-9-3)29(32-10-4,33-11-5)34-12-6;1-4-5-6-7-8-9-10-11-12-13-17-23-24(21,22)20-16-14-15-18(2)19(20)3/h7-27H2,1-6H3;14-16H,4-13,17H2,1-3H3/q+1;. The van der Waals surface area contributed by atoms with Crippen molar-refractivity contribution >= 4 is 10.1 Å². The third-order valence-corrected chi connectivity index (χ3v) is 12.2. The Bertz CT molecular complexity index is 1140. The molecule has 0 saturated carbocycles. The number of rotatable bonds is 40. The zero-order valence-corrected chi connectivity index (χ0v) is 40.3. The maximum absolute atomic E-state index is 12.2. The molecule has 0 saturated heterocycles. The number of aryl methyl sites for hydroxylation is 1. The number of ether oxygens (including phenoxy) is 2. The average molecular weight is 845 g/mol. The average Bonchev–Trinajstić information content (AvgIpc) is 3.20. The van der Waals surface area contributed by atoms with E-state index in [2.05, 4.69) is 13.8 Å². The van der Waals surface area contributed by atoms with Crippen LogP contribution in [0.15, 0.2) is 23.1 Å². The van der Waals surface area contributed by atoms with Gasteiger partial charge in [0.15, 0.2) is 4.97 Å². The van der Waals surface area contributed by atoms with Crippen molar-refractivity contribution in [3.63, 3.8) is 0 Å². The molecule has 9 nitrogen and oxygen atoms in total. The molecule has 0 unspecified atom stereocenters. The van der Waals surface area contributed by atoms with E-state index in [4.69, 9.17) is 28.2 Å². The van der Waals surface area contributed by atoms with Gasteiger partial charge in [0.25, 0.3) is 10.1 Å². The van der Waals surface area contributed by atoms with Crippen molar-refractivity contribution in [3.8, 4) is 0 Å². The van der Waals surface area contributed by atoms with Gasteiger partial charge in [0.05, 0.1) is 31.1 Å². The summed E-state index contributed by atoms with van der Waals surface area (Å²) in [6.07, 6.45) is 33.0. The van der Waals surface area contributed by atoms with Gasteiger partial charge in [0.1, 0.15) is 19.8 Å². The number of benzene rings is 1. The van der Waals surface area contributed by atoms with Gasteiger partial charge in [-0.1, -0.05) is 174 Å². The first kappa shape index (κ1) is 56.9. The van der Waals surface area contributed by atoms with Gasteiger partial charge in [-0.2, -0.15) is 8.42 Å². The summed E-state index contributed by atoms with van der Waals surface area (Å²) in [5.41, 5.74) is 1.75. The molecule has 0 aromatic heterocycles. The van der Waals surface area contributed by atoms with Crippen LogP contribution in [0.3, 0.4) is 0 Å². The predicted octanol–water partition coefficient (Wildman–Crippen LogP) is 14.6. The molecule has 0 amide bonds. The monoisotopic (exact) mass is 845 g/mol. The van der Waals surface area contributed by atoms with Crippen molar-refractivity contribution in [1.82, 2.24) is 0 Å². The zero-order valence-electron chi connectivity index (χ0n) is 39.5. The summed E-state index contributed by atoms with van der Waals surface area (Å²) in [5.74, 6) is -1.12. The van der Waals surface area contributed by atoms with Crippen molar-refractivity contribution in [2.75, 3.05) is 39.6 Å². The maximum atomic E-state index is 12.2. The topological polar surface area (TPSA) is 89.5 Å². The van der Waals surface area contributed by atoms with Crippen LogP contribution in [0.25, 0.3) is 0 Å². The highest BCUT2D eigenvalue weighted by atomic mass is 32.2. The number of hydrogen-bond acceptors (Lipinski definition) is 8. The Kier molecular flexibility index (Phi) is 36.9. The highest BCUT2D eigenvalue weighted by molar-refractivity contribution is 7.86. The number of quaternary nitrogens is 1. The van der Waals surface area contributed by atoms with Gasteiger partial charge in [0, 0.05) is 0 Å². The van der Waals surface area contributed by atoms with Crippen LogP contribution in [0.2, 0.25) is 0 Å². The summed E-state index contributed by atoms with van der Waals surface area (Å²) in [5, 5.41) is 0. The molecule has 344 valence electrons. The van der Waals surface area contributed by atoms with Gasteiger partial charge in [-0.15, -0.1) is 14.5 Å². The summed E-state index contributed by atoms with van der Waals surface area (Å²) >= 11 is 0. The molecule has 0 aliphatic heterocycles. The van der Waals surface area contributed by atoms with E-state index in [1.54, 1.807) is 12.1 Å². The Labute approximate surface area is 359 Å². The molecular weight excluding hydrogens is 751 g/mol. The minimum absolute atomic E-state index is 0.284. The number of hydrogen-bond donors (Lipinski definition) is 0. The molecule has 0 aliphatic carbocycles. The quantitative estimate of drug-likeness (QED) is 0.0212. The Hall–Kier alpha value is -1.11. The molecule has 1 aromatic rings. The lowest BCUT2D eigenvalue weighted by Gasteiger charge is -2.42. The molecule has 0 heterocycles. The molecule has 0 bridgehead atoms. The van der Waals surface area contributed by atoms with Crippen molar-refractivity contribution in [3.05, 3.63) is 29.3 Å². The molecular formula is C48H94NO8S+.